The maximum Gasteiger partial charge on any atom is 0.253 e. The molecule has 1 aliphatic rings. The van der Waals surface area contributed by atoms with E-state index in [4.69, 9.17) is 5.73 Å². The lowest BCUT2D eigenvalue weighted by Gasteiger charge is -2.21. The van der Waals surface area contributed by atoms with Crippen molar-refractivity contribution in [1.82, 2.24) is 14.7 Å². The van der Waals surface area contributed by atoms with E-state index >= 15 is 0 Å². The van der Waals surface area contributed by atoms with Crippen molar-refractivity contribution in [3.63, 3.8) is 0 Å². The first kappa shape index (κ1) is 22.5. The summed E-state index contributed by atoms with van der Waals surface area (Å²) < 4.78 is 0. The summed E-state index contributed by atoms with van der Waals surface area (Å²) in [5.41, 5.74) is 9.12. The maximum absolute atomic E-state index is 12.9. The van der Waals surface area contributed by atoms with Gasteiger partial charge in [-0.1, -0.05) is 30.3 Å². The number of hydrogen-bond acceptors (Lipinski definition) is 4. The highest BCUT2D eigenvalue weighted by Crippen LogP contribution is 2.22. The van der Waals surface area contributed by atoms with Crippen LogP contribution in [0.5, 0.6) is 0 Å². The van der Waals surface area contributed by atoms with E-state index in [1.165, 1.54) is 0 Å². The molecule has 164 valence electrons. The summed E-state index contributed by atoms with van der Waals surface area (Å²) in [7, 11) is 1.74. The first-order chi connectivity index (χ1) is 14.9. The lowest BCUT2D eigenvalue weighted by atomic mass is 10.0. The smallest absolute Gasteiger partial charge is 0.253 e. The summed E-state index contributed by atoms with van der Waals surface area (Å²) in [5.74, 6) is -0.0553. The Hall–Kier alpha value is -3.19. The SMILES string of the molecule is CC(=O)N1CCCN(C(=O)c2ccc(-c3cccc(CN(C)C(=O)CN)c3)cc2)CC1. The first-order valence-electron chi connectivity index (χ1n) is 10.6. The molecule has 3 rings (SSSR count). The van der Waals surface area contributed by atoms with Crippen molar-refractivity contribution in [1.29, 1.82) is 0 Å². The molecule has 0 unspecified atom stereocenters. The quantitative estimate of drug-likeness (QED) is 0.798. The van der Waals surface area contributed by atoms with Crippen molar-refractivity contribution < 1.29 is 14.4 Å². The number of hydrogen-bond donors (Lipinski definition) is 1. The minimum Gasteiger partial charge on any atom is -0.341 e. The van der Waals surface area contributed by atoms with Crippen LogP contribution in [0.1, 0.15) is 29.3 Å². The average molecular weight is 423 g/mol. The molecule has 31 heavy (non-hydrogen) atoms. The molecule has 1 heterocycles. The third kappa shape index (κ3) is 5.70. The van der Waals surface area contributed by atoms with Crippen LogP contribution in [-0.4, -0.2) is 72.2 Å². The molecule has 3 amide bonds. The zero-order chi connectivity index (χ0) is 22.4. The predicted octanol–water partition coefficient (Wildman–Crippen LogP) is 1.97. The van der Waals surface area contributed by atoms with Crippen molar-refractivity contribution in [3.05, 3.63) is 59.7 Å². The zero-order valence-electron chi connectivity index (χ0n) is 18.2. The summed E-state index contributed by atoms with van der Waals surface area (Å²) >= 11 is 0. The van der Waals surface area contributed by atoms with E-state index in [-0.39, 0.29) is 24.3 Å². The van der Waals surface area contributed by atoms with Crippen LogP contribution in [0.4, 0.5) is 0 Å². The molecule has 0 aromatic heterocycles. The molecular formula is C24H30N4O3. The van der Waals surface area contributed by atoms with Crippen molar-refractivity contribution in [2.45, 2.75) is 19.9 Å². The third-order valence-corrected chi connectivity index (χ3v) is 5.64. The summed E-state index contributed by atoms with van der Waals surface area (Å²) in [4.78, 5) is 41.5. The molecule has 7 nitrogen and oxygen atoms in total. The highest BCUT2D eigenvalue weighted by molar-refractivity contribution is 5.94. The van der Waals surface area contributed by atoms with Gasteiger partial charge in [-0.2, -0.15) is 0 Å². The minimum absolute atomic E-state index is 0.00448. The van der Waals surface area contributed by atoms with Crippen molar-refractivity contribution in [2.75, 3.05) is 39.8 Å². The topological polar surface area (TPSA) is 87.0 Å². The van der Waals surface area contributed by atoms with Gasteiger partial charge in [-0.3, -0.25) is 14.4 Å². The highest BCUT2D eigenvalue weighted by Gasteiger charge is 2.21. The molecule has 0 atom stereocenters. The van der Waals surface area contributed by atoms with Crippen LogP contribution in [0.3, 0.4) is 0 Å². The lowest BCUT2D eigenvalue weighted by molar-refractivity contribution is -0.129. The van der Waals surface area contributed by atoms with Gasteiger partial charge in [0.15, 0.2) is 0 Å². The van der Waals surface area contributed by atoms with Crippen LogP contribution < -0.4 is 5.73 Å². The van der Waals surface area contributed by atoms with E-state index in [9.17, 15) is 14.4 Å². The molecule has 2 N–H and O–H groups in total. The van der Waals surface area contributed by atoms with Gasteiger partial charge < -0.3 is 20.4 Å². The van der Waals surface area contributed by atoms with E-state index in [1.54, 1.807) is 23.8 Å². The molecular weight excluding hydrogens is 392 g/mol. The largest absolute Gasteiger partial charge is 0.341 e. The van der Waals surface area contributed by atoms with E-state index < -0.39 is 0 Å². The average Bonchev–Trinajstić information content (AvgIpc) is 3.05. The second kappa shape index (κ2) is 10.2. The standard InChI is InChI=1S/C24H30N4O3/c1-18(29)27-11-4-12-28(14-13-27)24(31)21-9-7-20(8-10-21)22-6-3-5-19(15-22)17-26(2)23(30)16-25/h3,5-10,15H,4,11-14,16-17,25H2,1-2H3. The number of carbonyl (C=O) groups excluding carboxylic acids is 3. The van der Waals surface area contributed by atoms with Crippen LogP contribution in [0.2, 0.25) is 0 Å². The van der Waals surface area contributed by atoms with Crippen LogP contribution in [0.15, 0.2) is 48.5 Å². The van der Waals surface area contributed by atoms with E-state index in [1.807, 2.05) is 53.4 Å². The Morgan fingerprint density at radius 2 is 1.61 bits per heavy atom. The summed E-state index contributed by atoms with van der Waals surface area (Å²) in [6.07, 6.45) is 0.789. The summed E-state index contributed by atoms with van der Waals surface area (Å²) in [6, 6.07) is 15.6. The van der Waals surface area contributed by atoms with Gasteiger partial charge in [-0.25, -0.2) is 0 Å². The fraction of sp³-hybridized carbons (Fsp3) is 0.375. The van der Waals surface area contributed by atoms with Gasteiger partial charge >= 0.3 is 0 Å². The Labute approximate surface area is 183 Å². The van der Waals surface area contributed by atoms with Crippen LogP contribution in [0, 0.1) is 0 Å². The molecule has 1 fully saturated rings. The Kier molecular flexibility index (Phi) is 7.41. The van der Waals surface area contributed by atoms with Gasteiger partial charge in [0.25, 0.3) is 5.91 Å². The van der Waals surface area contributed by atoms with Crippen LogP contribution in [0.25, 0.3) is 11.1 Å². The zero-order valence-corrected chi connectivity index (χ0v) is 18.2. The molecule has 0 bridgehead atoms. The number of likely N-dealkylation sites (N-methyl/N-ethyl adjacent to an activating group) is 1. The van der Waals surface area contributed by atoms with E-state index in [2.05, 4.69) is 0 Å². The number of nitrogens with two attached hydrogens (primary N) is 1. The molecule has 0 saturated carbocycles. The fourth-order valence-corrected chi connectivity index (χ4v) is 3.79. The number of rotatable bonds is 5. The summed E-state index contributed by atoms with van der Waals surface area (Å²) in [6.45, 7) is 4.54. The number of carbonyl (C=O) groups is 3. The second-order valence-corrected chi connectivity index (χ2v) is 7.88. The van der Waals surface area contributed by atoms with Gasteiger partial charge in [-0.05, 0) is 41.3 Å². The molecule has 7 heteroatoms. The Balaban J connectivity index is 1.69. The van der Waals surface area contributed by atoms with Crippen LogP contribution >= 0.6 is 0 Å². The minimum atomic E-state index is -0.104. The maximum atomic E-state index is 12.9. The molecule has 2 aromatic rings. The molecule has 0 radical (unpaired) electrons. The van der Waals surface area contributed by atoms with Crippen molar-refractivity contribution in [3.8, 4) is 11.1 Å². The second-order valence-electron chi connectivity index (χ2n) is 7.88. The normalized spacial score (nSPS) is 14.2. The highest BCUT2D eigenvalue weighted by atomic mass is 16.2. The molecule has 2 aromatic carbocycles. The van der Waals surface area contributed by atoms with Gasteiger partial charge in [-0.15, -0.1) is 0 Å². The van der Waals surface area contributed by atoms with Crippen LogP contribution in [-0.2, 0) is 16.1 Å². The predicted molar refractivity (Wildman–Crippen MR) is 120 cm³/mol. The van der Waals surface area contributed by atoms with Gasteiger partial charge in [0.05, 0.1) is 6.54 Å². The Morgan fingerprint density at radius 1 is 0.935 bits per heavy atom. The number of amides is 3. The van der Waals surface area contributed by atoms with Gasteiger partial charge in [0, 0.05) is 52.3 Å². The van der Waals surface area contributed by atoms with E-state index in [0.29, 0.717) is 38.3 Å². The first-order valence-corrected chi connectivity index (χ1v) is 10.6. The Bertz CT molecular complexity index is 942. The van der Waals surface area contributed by atoms with Crippen molar-refractivity contribution >= 4 is 17.7 Å². The fourth-order valence-electron chi connectivity index (χ4n) is 3.79. The summed E-state index contributed by atoms with van der Waals surface area (Å²) in [5, 5.41) is 0. The third-order valence-electron chi connectivity index (χ3n) is 5.64. The van der Waals surface area contributed by atoms with Gasteiger partial charge in [0.2, 0.25) is 11.8 Å². The monoisotopic (exact) mass is 422 g/mol. The lowest BCUT2D eigenvalue weighted by Crippen LogP contribution is -2.36. The molecule has 1 aliphatic heterocycles. The molecule has 1 saturated heterocycles. The molecule has 0 aliphatic carbocycles. The van der Waals surface area contributed by atoms with Crippen molar-refractivity contribution in [2.24, 2.45) is 5.73 Å². The number of nitrogens with zero attached hydrogens (tertiary/aromatic N) is 3. The van der Waals surface area contributed by atoms with Gasteiger partial charge in [0.1, 0.15) is 0 Å². The Morgan fingerprint density at radius 3 is 2.29 bits per heavy atom. The number of benzene rings is 2. The molecule has 0 spiro atoms. The van der Waals surface area contributed by atoms with E-state index in [0.717, 1.165) is 23.1 Å².